The molecule has 3 rings (SSSR count). The summed E-state index contributed by atoms with van der Waals surface area (Å²) in [5.74, 6) is 0.526. The Balaban J connectivity index is 1.80. The van der Waals surface area contributed by atoms with Gasteiger partial charge in [-0.1, -0.05) is 19.3 Å². The summed E-state index contributed by atoms with van der Waals surface area (Å²) in [5, 5.41) is 3.29. The van der Waals surface area contributed by atoms with E-state index in [9.17, 15) is 4.79 Å². The summed E-state index contributed by atoms with van der Waals surface area (Å²) in [7, 11) is 0. The molecule has 5 heteroatoms. The van der Waals surface area contributed by atoms with Gasteiger partial charge in [-0.2, -0.15) is 0 Å². The van der Waals surface area contributed by atoms with E-state index in [1.807, 2.05) is 23.1 Å². The maximum atomic E-state index is 12.1. The summed E-state index contributed by atoms with van der Waals surface area (Å²) >= 11 is 5.32. The van der Waals surface area contributed by atoms with Crippen LogP contribution in [0.15, 0.2) is 30.2 Å². The van der Waals surface area contributed by atoms with Crippen LogP contribution in [0.3, 0.4) is 0 Å². The smallest absolute Gasteiger partial charge is 0.274 e. The van der Waals surface area contributed by atoms with E-state index in [0.717, 1.165) is 12.1 Å². The van der Waals surface area contributed by atoms with Crippen molar-refractivity contribution in [3.05, 3.63) is 35.8 Å². The lowest BCUT2D eigenvalue weighted by Crippen LogP contribution is -2.32. The predicted octanol–water partition coefficient (Wildman–Crippen LogP) is 2.72. The molecular weight excluding hydrogens is 282 g/mol. The quantitative estimate of drug-likeness (QED) is 0.689. The molecule has 4 nitrogen and oxygen atoms in total. The van der Waals surface area contributed by atoms with Crippen LogP contribution in [0.2, 0.25) is 0 Å². The molecular formula is C16H19N3OS. The molecule has 1 N–H and O–H groups in total. The number of carbonyl (C=O) groups excluding carboxylic acids is 1. The first-order valence-electron chi connectivity index (χ1n) is 7.48. The van der Waals surface area contributed by atoms with E-state index >= 15 is 0 Å². The van der Waals surface area contributed by atoms with Gasteiger partial charge in [-0.3, -0.25) is 15.1 Å². The molecule has 0 radical (unpaired) electrons. The Bertz CT molecular complexity index is 564. The third-order valence-corrected chi connectivity index (χ3v) is 4.49. The highest BCUT2D eigenvalue weighted by atomic mass is 32.1. The van der Waals surface area contributed by atoms with Crippen LogP contribution in [-0.4, -0.2) is 27.4 Å². The van der Waals surface area contributed by atoms with Gasteiger partial charge in [0.1, 0.15) is 5.70 Å². The van der Waals surface area contributed by atoms with Gasteiger partial charge in [-0.15, -0.1) is 0 Å². The molecule has 1 aliphatic carbocycles. The van der Waals surface area contributed by atoms with E-state index in [0.29, 0.717) is 16.7 Å². The molecule has 110 valence electrons. The molecule has 1 aromatic rings. The molecule has 2 heterocycles. The number of hydrogen-bond donors (Lipinski definition) is 1. The van der Waals surface area contributed by atoms with E-state index in [-0.39, 0.29) is 5.91 Å². The van der Waals surface area contributed by atoms with Gasteiger partial charge in [0.2, 0.25) is 0 Å². The molecule has 2 aliphatic rings. The number of rotatable bonds is 3. The van der Waals surface area contributed by atoms with E-state index < -0.39 is 0 Å². The van der Waals surface area contributed by atoms with Crippen LogP contribution < -0.4 is 5.32 Å². The van der Waals surface area contributed by atoms with Crippen LogP contribution in [-0.2, 0) is 4.79 Å². The van der Waals surface area contributed by atoms with E-state index in [1.165, 1.54) is 32.1 Å². The number of pyridine rings is 1. The maximum absolute atomic E-state index is 12.1. The lowest BCUT2D eigenvalue weighted by Gasteiger charge is -2.27. The zero-order valence-electron chi connectivity index (χ0n) is 11.9. The Hall–Kier alpha value is -1.75. The zero-order valence-corrected chi connectivity index (χ0v) is 12.7. The number of aromatic nitrogens is 1. The molecule has 1 amide bonds. The fourth-order valence-electron chi connectivity index (χ4n) is 3.03. The van der Waals surface area contributed by atoms with Gasteiger partial charge in [-0.25, -0.2) is 0 Å². The van der Waals surface area contributed by atoms with Crippen LogP contribution in [0, 0.1) is 5.92 Å². The van der Waals surface area contributed by atoms with Gasteiger partial charge in [0.25, 0.3) is 5.91 Å². The van der Waals surface area contributed by atoms with E-state index in [4.69, 9.17) is 12.2 Å². The van der Waals surface area contributed by atoms with Crippen LogP contribution in [0.5, 0.6) is 0 Å². The van der Waals surface area contributed by atoms with E-state index in [2.05, 4.69) is 10.3 Å². The molecule has 1 aliphatic heterocycles. The molecule has 1 saturated heterocycles. The summed E-state index contributed by atoms with van der Waals surface area (Å²) < 4.78 is 0. The second-order valence-corrected chi connectivity index (χ2v) is 6.07. The van der Waals surface area contributed by atoms with Gasteiger partial charge in [0, 0.05) is 18.9 Å². The minimum Gasteiger partial charge on any atom is -0.314 e. The van der Waals surface area contributed by atoms with Crippen molar-refractivity contribution in [1.82, 2.24) is 15.2 Å². The third-order valence-electron chi connectivity index (χ3n) is 4.16. The summed E-state index contributed by atoms with van der Waals surface area (Å²) in [6.07, 6.45) is 11.7. The van der Waals surface area contributed by atoms with Crippen molar-refractivity contribution < 1.29 is 4.79 Å². The Morgan fingerprint density at radius 3 is 2.71 bits per heavy atom. The van der Waals surface area contributed by atoms with Gasteiger partial charge in [0.15, 0.2) is 5.11 Å². The van der Waals surface area contributed by atoms with Crippen molar-refractivity contribution in [2.45, 2.75) is 32.1 Å². The number of carbonyl (C=O) groups is 1. The Kier molecular flexibility index (Phi) is 4.29. The Morgan fingerprint density at radius 1 is 1.29 bits per heavy atom. The van der Waals surface area contributed by atoms with E-state index in [1.54, 1.807) is 12.4 Å². The van der Waals surface area contributed by atoms with Crippen molar-refractivity contribution in [2.24, 2.45) is 5.92 Å². The highest BCUT2D eigenvalue weighted by molar-refractivity contribution is 7.80. The number of hydrogen-bond acceptors (Lipinski definition) is 3. The van der Waals surface area contributed by atoms with Crippen molar-refractivity contribution in [2.75, 3.05) is 6.54 Å². The van der Waals surface area contributed by atoms with Crippen LogP contribution in [0.1, 0.15) is 37.7 Å². The summed E-state index contributed by atoms with van der Waals surface area (Å²) in [4.78, 5) is 18.1. The number of amides is 1. The number of nitrogens with one attached hydrogen (secondary N) is 1. The fraction of sp³-hybridized carbons (Fsp3) is 0.438. The minimum atomic E-state index is -0.104. The first-order valence-corrected chi connectivity index (χ1v) is 7.89. The zero-order chi connectivity index (χ0) is 14.7. The number of nitrogens with zero attached hydrogens (tertiary/aromatic N) is 2. The molecule has 0 aromatic carbocycles. The van der Waals surface area contributed by atoms with Crippen molar-refractivity contribution in [3.8, 4) is 0 Å². The van der Waals surface area contributed by atoms with Gasteiger partial charge in [-0.05, 0) is 54.7 Å². The van der Waals surface area contributed by atoms with Crippen molar-refractivity contribution >= 4 is 29.3 Å². The largest absolute Gasteiger partial charge is 0.314 e. The maximum Gasteiger partial charge on any atom is 0.274 e. The standard InChI is InChI=1S/C16H19N3OS/c20-15-14(10-12-6-8-17-9-7-12)19(16(21)18-15)11-13-4-2-1-3-5-13/h6-10,13H,1-5,11H2,(H,18,20,21)/b14-10+. The highest BCUT2D eigenvalue weighted by Gasteiger charge is 2.31. The van der Waals surface area contributed by atoms with Crippen LogP contribution >= 0.6 is 12.2 Å². The molecule has 1 aromatic heterocycles. The second kappa shape index (κ2) is 6.35. The molecule has 0 atom stereocenters. The van der Waals surface area contributed by atoms with Gasteiger partial charge < -0.3 is 4.90 Å². The first kappa shape index (κ1) is 14.2. The molecule has 0 bridgehead atoms. The third kappa shape index (κ3) is 3.29. The normalized spacial score (nSPS) is 21.9. The van der Waals surface area contributed by atoms with Crippen molar-refractivity contribution in [1.29, 1.82) is 0 Å². The van der Waals surface area contributed by atoms with Crippen molar-refractivity contribution in [3.63, 3.8) is 0 Å². The predicted molar refractivity (Wildman–Crippen MR) is 86.2 cm³/mol. The Labute approximate surface area is 130 Å². The average Bonchev–Trinajstić information content (AvgIpc) is 2.76. The molecule has 1 saturated carbocycles. The SMILES string of the molecule is O=C1NC(=S)N(CC2CCCCC2)/C1=C/c1ccncc1. The monoisotopic (exact) mass is 301 g/mol. The summed E-state index contributed by atoms with van der Waals surface area (Å²) in [6, 6.07) is 3.78. The van der Waals surface area contributed by atoms with Gasteiger partial charge in [0.05, 0.1) is 0 Å². The van der Waals surface area contributed by atoms with Crippen LogP contribution in [0.25, 0.3) is 6.08 Å². The fourth-order valence-corrected chi connectivity index (χ4v) is 3.30. The molecule has 0 spiro atoms. The lowest BCUT2D eigenvalue weighted by atomic mass is 9.89. The summed E-state index contributed by atoms with van der Waals surface area (Å²) in [6.45, 7) is 0.842. The molecule has 0 unspecified atom stereocenters. The minimum absolute atomic E-state index is 0.104. The molecule has 2 fully saturated rings. The topological polar surface area (TPSA) is 45.2 Å². The first-order chi connectivity index (χ1) is 10.2. The highest BCUT2D eigenvalue weighted by Crippen LogP contribution is 2.27. The Morgan fingerprint density at radius 2 is 2.00 bits per heavy atom. The summed E-state index contributed by atoms with van der Waals surface area (Å²) in [5.41, 5.74) is 1.62. The molecule has 21 heavy (non-hydrogen) atoms. The van der Waals surface area contributed by atoms with Gasteiger partial charge >= 0.3 is 0 Å². The number of thiocarbonyl (C=S) groups is 1. The van der Waals surface area contributed by atoms with Crippen LogP contribution in [0.4, 0.5) is 0 Å². The second-order valence-electron chi connectivity index (χ2n) is 5.68. The lowest BCUT2D eigenvalue weighted by molar-refractivity contribution is -0.115. The average molecular weight is 301 g/mol.